The zero-order valence-electron chi connectivity index (χ0n) is 11.8. The van der Waals surface area contributed by atoms with Crippen molar-refractivity contribution < 1.29 is 9.53 Å². The molecule has 2 unspecified atom stereocenters. The number of halogens is 1. The Morgan fingerprint density at radius 2 is 2.30 bits per heavy atom. The number of thioether (sulfide) groups is 1. The van der Waals surface area contributed by atoms with Crippen molar-refractivity contribution in [2.45, 2.75) is 31.7 Å². The minimum absolute atomic E-state index is 0.132. The summed E-state index contributed by atoms with van der Waals surface area (Å²) in [5, 5.41) is 0.741. The smallest absolute Gasteiger partial charge is 0.232 e. The number of morpholine rings is 1. The van der Waals surface area contributed by atoms with E-state index in [-0.39, 0.29) is 18.1 Å². The van der Waals surface area contributed by atoms with Crippen molar-refractivity contribution >= 4 is 29.3 Å². The van der Waals surface area contributed by atoms with Gasteiger partial charge < -0.3 is 9.64 Å². The Hall–Kier alpha value is -0.710. The summed E-state index contributed by atoms with van der Waals surface area (Å²) < 4.78 is 5.54. The lowest BCUT2D eigenvalue weighted by Gasteiger charge is -2.36. The fourth-order valence-electron chi connectivity index (χ4n) is 2.22. The monoisotopic (exact) mass is 313 g/mol. The molecule has 5 heteroatoms. The molecule has 1 aromatic rings. The molecule has 0 aliphatic carbocycles. The number of carbonyl (C=O) groups is 1. The Kier molecular flexibility index (Phi) is 5.75. The average molecular weight is 314 g/mol. The summed E-state index contributed by atoms with van der Waals surface area (Å²) in [5.41, 5.74) is 1.15. The molecule has 2 rings (SSSR count). The average Bonchev–Trinajstić information content (AvgIpc) is 2.41. The largest absolute Gasteiger partial charge is 0.375 e. The second-order valence-electron chi connectivity index (χ2n) is 5.16. The van der Waals surface area contributed by atoms with Crippen LogP contribution in [-0.4, -0.2) is 41.9 Å². The molecule has 110 valence electrons. The molecular formula is C15H20ClNO2S. The van der Waals surface area contributed by atoms with E-state index in [1.807, 2.05) is 43.0 Å². The quantitative estimate of drug-likeness (QED) is 0.855. The molecule has 1 heterocycles. The van der Waals surface area contributed by atoms with Gasteiger partial charge in [-0.2, -0.15) is 0 Å². The SMILES string of the molecule is CC1CN(C(=O)CSCc2cccc(Cl)c2)C(C)CO1. The number of amides is 1. The van der Waals surface area contributed by atoms with Crippen molar-refractivity contribution in [2.75, 3.05) is 18.9 Å². The van der Waals surface area contributed by atoms with Gasteiger partial charge in [-0.25, -0.2) is 0 Å². The van der Waals surface area contributed by atoms with Gasteiger partial charge in [0.25, 0.3) is 0 Å². The molecule has 1 aliphatic rings. The highest BCUT2D eigenvalue weighted by molar-refractivity contribution is 7.99. The van der Waals surface area contributed by atoms with Gasteiger partial charge in [0.05, 0.1) is 24.5 Å². The van der Waals surface area contributed by atoms with Gasteiger partial charge in [-0.05, 0) is 31.5 Å². The molecule has 2 atom stereocenters. The van der Waals surface area contributed by atoms with Crippen LogP contribution in [0.3, 0.4) is 0 Å². The predicted molar refractivity (Wildman–Crippen MR) is 84.2 cm³/mol. The van der Waals surface area contributed by atoms with Gasteiger partial charge in [-0.3, -0.25) is 4.79 Å². The van der Waals surface area contributed by atoms with Crippen LogP contribution in [-0.2, 0) is 15.3 Å². The number of ether oxygens (including phenoxy) is 1. The molecule has 1 amide bonds. The molecule has 0 saturated carbocycles. The van der Waals surface area contributed by atoms with Crippen molar-refractivity contribution in [3.05, 3.63) is 34.9 Å². The normalized spacial score (nSPS) is 22.9. The Labute approximate surface area is 129 Å². The number of benzene rings is 1. The van der Waals surface area contributed by atoms with Gasteiger partial charge in [0.1, 0.15) is 0 Å². The predicted octanol–water partition coefficient (Wildman–Crippen LogP) is 3.21. The van der Waals surface area contributed by atoms with E-state index in [4.69, 9.17) is 16.3 Å². The number of nitrogens with zero attached hydrogens (tertiary/aromatic N) is 1. The summed E-state index contributed by atoms with van der Waals surface area (Å²) in [4.78, 5) is 14.2. The fourth-order valence-corrected chi connectivity index (χ4v) is 3.29. The fraction of sp³-hybridized carbons (Fsp3) is 0.533. The van der Waals surface area contributed by atoms with E-state index in [9.17, 15) is 4.79 Å². The first-order valence-corrected chi connectivity index (χ1v) is 8.33. The van der Waals surface area contributed by atoms with E-state index >= 15 is 0 Å². The molecular weight excluding hydrogens is 294 g/mol. The Morgan fingerprint density at radius 1 is 1.50 bits per heavy atom. The van der Waals surface area contributed by atoms with Crippen LogP contribution in [0.4, 0.5) is 0 Å². The molecule has 0 aromatic heterocycles. The van der Waals surface area contributed by atoms with Gasteiger partial charge in [0.15, 0.2) is 0 Å². The lowest BCUT2D eigenvalue weighted by Crippen LogP contribution is -2.50. The van der Waals surface area contributed by atoms with E-state index in [1.54, 1.807) is 11.8 Å². The molecule has 1 saturated heterocycles. The first-order valence-electron chi connectivity index (χ1n) is 6.79. The van der Waals surface area contributed by atoms with Crippen molar-refractivity contribution in [1.29, 1.82) is 0 Å². The third kappa shape index (κ3) is 4.40. The summed E-state index contributed by atoms with van der Waals surface area (Å²) in [6.07, 6.45) is 0.132. The summed E-state index contributed by atoms with van der Waals surface area (Å²) in [6.45, 7) is 5.36. The van der Waals surface area contributed by atoms with Gasteiger partial charge in [0, 0.05) is 17.3 Å². The third-order valence-corrected chi connectivity index (χ3v) is 4.54. The first-order chi connectivity index (χ1) is 9.56. The van der Waals surface area contributed by atoms with Crippen LogP contribution < -0.4 is 0 Å². The first kappa shape index (κ1) is 15.7. The minimum Gasteiger partial charge on any atom is -0.375 e. The van der Waals surface area contributed by atoms with Crippen LogP contribution in [0.25, 0.3) is 0 Å². The van der Waals surface area contributed by atoms with Crippen LogP contribution in [0.1, 0.15) is 19.4 Å². The number of rotatable bonds is 4. The molecule has 3 nitrogen and oxygen atoms in total. The van der Waals surface area contributed by atoms with E-state index in [0.717, 1.165) is 16.3 Å². The Bertz CT molecular complexity index is 469. The highest BCUT2D eigenvalue weighted by Gasteiger charge is 2.26. The van der Waals surface area contributed by atoms with Gasteiger partial charge in [0.2, 0.25) is 5.91 Å². The third-order valence-electron chi connectivity index (χ3n) is 3.31. The lowest BCUT2D eigenvalue weighted by molar-refractivity contribution is -0.140. The second-order valence-corrected chi connectivity index (χ2v) is 6.58. The summed E-state index contributed by atoms with van der Waals surface area (Å²) in [7, 11) is 0. The number of hydrogen-bond donors (Lipinski definition) is 0. The van der Waals surface area contributed by atoms with Crippen LogP contribution in [0.15, 0.2) is 24.3 Å². The van der Waals surface area contributed by atoms with E-state index < -0.39 is 0 Å². The molecule has 1 fully saturated rings. The van der Waals surface area contributed by atoms with E-state index in [2.05, 4.69) is 0 Å². The molecule has 0 radical (unpaired) electrons. The van der Waals surface area contributed by atoms with Crippen molar-refractivity contribution in [3.8, 4) is 0 Å². The van der Waals surface area contributed by atoms with Crippen LogP contribution in [0.2, 0.25) is 5.02 Å². The Morgan fingerprint density at radius 3 is 3.05 bits per heavy atom. The zero-order chi connectivity index (χ0) is 14.5. The molecule has 20 heavy (non-hydrogen) atoms. The maximum Gasteiger partial charge on any atom is 0.232 e. The topological polar surface area (TPSA) is 29.5 Å². The van der Waals surface area contributed by atoms with Gasteiger partial charge >= 0.3 is 0 Å². The molecule has 1 aliphatic heterocycles. The number of hydrogen-bond acceptors (Lipinski definition) is 3. The zero-order valence-corrected chi connectivity index (χ0v) is 13.4. The molecule has 0 N–H and O–H groups in total. The molecule has 1 aromatic carbocycles. The second kappa shape index (κ2) is 7.34. The highest BCUT2D eigenvalue weighted by Crippen LogP contribution is 2.18. The Balaban J connectivity index is 1.80. The highest BCUT2D eigenvalue weighted by atomic mass is 35.5. The van der Waals surface area contributed by atoms with Gasteiger partial charge in [-0.1, -0.05) is 23.7 Å². The number of carbonyl (C=O) groups excluding carboxylic acids is 1. The maximum absolute atomic E-state index is 12.2. The van der Waals surface area contributed by atoms with Crippen LogP contribution in [0.5, 0.6) is 0 Å². The van der Waals surface area contributed by atoms with E-state index in [0.29, 0.717) is 18.9 Å². The van der Waals surface area contributed by atoms with Gasteiger partial charge in [-0.15, -0.1) is 11.8 Å². The van der Waals surface area contributed by atoms with Crippen LogP contribution in [0, 0.1) is 0 Å². The van der Waals surface area contributed by atoms with Crippen molar-refractivity contribution in [3.63, 3.8) is 0 Å². The minimum atomic E-state index is 0.132. The molecule has 0 spiro atoms. The standard InChI is InChI=1S/C15H20ClNO2S/c1-11-8-19-12(2)7-17(11)15(18)10-20-9-13-4-3-5-14(16)6-13/h3-6,11-12H,7-10H2,1-2H3. The lowest BCUT2D eigenvalue weighted by atomic mass is 10.2. The van der Waals surface area contributed by atoms with Crippen molar-refractivity contribution in [2.24, 2.45) is 0 Å². The van der Waals surface area contributed by atoms with E-state index in [1.165, 1.54) is 0 Å². The summed E-state index contributed by atoms with van der Waals surface area (Å²) in [6, 6.07) is 7.94. The maximum atomic E-state index is 12.2. The summed E-state index contributed by atoms with van der Waals surface area (Å²) >= 11 is 7.57. The van der Waals surface area contributed by atoms with Crippen molar-refractivity contribution in [1.82, 2.24) is 4.90 Å². The summed E-state index contributed by atoms with van der Waals surface area (Å²) in [5.74, 6) is 1.50. The van der Waals surface area contributed by atoms with Crippen LogP contribution >= 0.6 is 23.4 Å². The molecule has 0 bridgehead atoms.